The second-order valence-corrected chi connectivity index (χ2v) is 6.23. The molecule has 1 aromatic carbocycles. The highest BCUT2D eigenvalue weighted by atomic mass is 79.9. The summed E-state index contributed by atoms with van der Waals surface area (Å²) in [6.45, 7) is 1.67. The van der Waals surface area contributed by atoms with Crippen molar-refractivity contribution in [2.45, 2.75) is 13.1 Å². The lowest BCUT2D eigenvalue weighted by molar-refractivity contribution is -0.145. The van der Waals surface area contributed by atoms with Crippen molar-refractivity contribution < 1.29 is 17.6 Å². The fraction of sp³-hybridized carbons (Fsp3) is 0.133. The van der Waals surface area contributed by atoms with Gasteiger partial charge in [-0.25, -0.2) is 14.8 Å². The van der Waals surface area contributed by atoms with E-state index in [-0.39, 0.29) is 22.4 Å². The van der Waals surface area contributed by atoms with Crippen molar-refractivity contribution in [3.8, 4) is 5.69 Å². The second-order valence-electron chi connectivity index (χ2n) is 5.38. The van der Waals surface area contributed by atoms with Crippen molar-refractivity contribution in [2.24, 2.45) is 0 Å². The molecule has 128 valence electrons. The molecule has 6 nitrogen and oxygen atoms in total. The molecule has 0 bridgehead atoms. The molecule has 0 unspecified atom stereocenters. The minimum atomic E-state index is -4.69. The molecule has 0 radical (unpaired) electrons. The first-order valence-corrected chi connectivity index (χ1v) is 7.79. The maximum absolute atomic E-state index is 13.5. The van der Waals surface area contributed by atoms with E-state index in [1.807, 2.05) is 0 Å². The van der Waals surface area contributed by atoms with Crippen molar-refractivity contribution in [1.82, 2.24) is 19.5 Å². The van der Waals surface area contributed by atoms with Gasteiger partial charge in [0.25, 0.3) is 0 Å². The zero-order valence-corrected chi connectivity index (χ0v) is 14.1. The number of fused-ring (bicyclic) bond motifs is 2. The molecule has 0 atom stereocenters. The van der Waals surface area contributed by atoms with E-state index in [1.165, 1.54) is 18.2 Å². The molecule has 3 heterocycles. The molecule has 0 saturated heterocycles. The van der Waals surface area contributed by atoms with Crippen LogP contribution in [0.2, 0.25) is 0 Å². The van der Waals surface area contributed by atoms with Crippen LogP contribution in [0.1, 0.15) is 11.5 Å². The molecule has 3 aromatic heterocycles. The Labute approximate surface area is 145 Å². The van der Waals surface area contributed by atoms with Gasteiger partial charge in [-0.1, -0.05) is 0 Å². The zero-order valence-electron chi connectivity index (χ0n) is 12.5. The molecule has 0 fully saturated rings. The summed E-state index contributed by atoms with van der Waals surface area (Å²) in [6.07, 6.45) is -4.69. The average molecular weight is 413 g/mol. The first-order valence-electron chi connectivity index (χ1n) is 7.00. The number of nitrogens with zero attached hydrogens (tertiary/aromatic N) is 3. The summed E-state index contributed by atoms with van der Waals surface area (Å²) in [5.74, 6) is -1.81. The molecule has 4 rings (SSSR count). The summed E-state index contributed by atoms with van der Waals surface area (Å²) in [6, 6.07) is 5.84. The number of nitrogens with one attached hydrogen (secondary N) is 1. The Kier molecular flexibility index (Phi) is 3.29. The van der Waals surface area contributed by atoms with Crippen LogP contribution in [0.4, 0.5) is 13.2 Å². The van der Waals surface area contributed by atoms with Crippen molar-refractivity contribution >= 4 is 38.2 Å². The molecule has 0 aliphatic heterocycles. The highest BCUT2D eigenvalue weighted by Gasteiger charge is 2.38. The van der Waals surface area contributed by atoms with Crippen LogP contribution < -0.4 is 5.76 Å². The van der Waals surface area contributed by atoms with Crippen molar-refractivity contribution in [2.75, 3.05) is 0 Å². The Bertz CT molecular complexity index is 1190. The minimum absolute atomic E-state index is 0.0662. The van der Waals surface area contributed by atoms with E-state index in [0.29, 0.717) is 15.7 Å². The summed E-state index contributed by atoms with van der Waals surface area (Å²) in [7, 11) is 0. The predicted octanol–water partition coefficient (Wildman–Crippen LogP) is 3.94. The summed E-state index contributed by atoms with van der Waals surface area (Å²) in [4.78, 5) is 21.7. The number of H-pyrrole nitrogens is 1. The second kappa shape index (κ2) is 5.19. The predicted molar refractivity (Wildman–Crippen MR) is 86.7 cm³/mol. The largest absolute Gasteiger partial charge is 0.450 e. The van der Waals surface area contributed by atoms with Crippen LogP contribution in [-0.4, -0.2) is 19.5 Å². The van der Waals surface area contributed by atoms with Gasteiger partial charge in [0.2, 0.25) is 5.82 Å². The molecule has 25 heavy (non-hydrogen) atoms. The standard InChI is InChI=1S/C15H8BrF3N4O2/c1-6-2-3-9-12(20-6)23(13(21-9)15(17,18)19)7-4-8(16)11-10(5-7)25-14(24)22-11/h2-5H,1H3,(H,22,24). The van der Waals surface area contributed by atoms with Gasteiger partial charge in [-0.2, -0.15) is 13.2 Å². The Balaban J connectivity index is 2.12. The van der Waals surface area contributed by atoms with Gasteiger partial charge in [0.1, 0.15) is 11.0 Å². The number of imidazole rings is 1. The van der Waals surface area contributed by atoms with Crippen LogP contribution >= 0.6 is 15.9 Å². The molecule has 10 heteroatoms. The molecule has 0 saturated carbocycles. The Morgan fingerprint density at radius 3 is 2.72 bits per heavy atom. The summed E-state index contributed by atoms with van der Waals surface area (Å²) in [5, 5.41) is 0. The normalized spacial score (nSPS) is 12.4. The summed E-state index contributed by atoms with van der Waals surface area (Å²) < 4.78 is 46.7. The van der Waals surface area contributed by atoms with Crippen molar-refractivity contribution in [3.05, 3.63) is 50.8 Å². The third kappa shape index (κ3) is 2.53. The lowest BCUT2D eigenvalue weighted by atomic mass is 10.2. The molecule has 0 spiro atoms. The molecule has 0 amide bonds. The van der Waals surface area contributed by atoms with Gasteiger partial charge >= 0.3 is 11.9 Å². The molecule has 0 aliphatic rings. The van der Waals surface area contributed by atoms with E-state index in [4.69, 9.17) is 4.42 Å². The number of aryl methyl sites for hydroxylation is 1. The van der Waals surface area contributed by atoms with E-state index in [1.54, 1.807) is 13.0 Å². The number of aromatic nitrogens is 4. The first-order chi connectivity index (χ1) is 11.7. The quantitative estimate of drug-likeness (QED) is 0.513. The van der Waals surface area contributed by atoms with Crippen LogP contribution in [0.15, 0.2) is 37.9 Å². The van der Waals surface area contributed by atoms with Gasteiger partial charge in [0.15, 0.2) is 11.2 Å². The number of pyridine rings is 1. The van der Waals surface area contributed by atoms with Gasteiger partial charge in [0, 0.05) is 16.2 Å². The van der Waals surface area contributed by atoms with Crippen LogP contribution in [0.25, 0.3) is 28.0 Å². The van der Waals surface area contributed by atoms with Gasteiger partial charge < -0.3 is 4.42 Å². The lowest BCUT2D eigenvalue weighted by Crippen LogP contribution is -2.14. The van der Waals surface area contributed by atoms with Crippen LogP contribution in [0, 0.1) is 6.92 Å². The van der Waals surface area contributed by atoms with Crippen molar-refractivity contribution in [3.63, 3.8) is 0 Å². The highest BCUT2D eigenvalue weighted by molar-refractivity contribution is 9.10. The smallest absolute Gasteiger partial charge is 0.408 e. The molecular weight excluding hydrogens is 405 g/mol. The number of oxazole rings is 1. The third-order valence-corrected chi connectivity index (χ3v) is 4.25. The number of hydrogen-bond donors (Lipinski definition) is 1. The monoisotopic (exact) mass is 412 g/mol. The van der Waals surface area contributed by atoms with Gasteiger partial charge in [0.05, 0.1) is 5.69 Å². The Morgan fingerprint density at radius 2 is 2.00 bits per heavy atom. The van der Waals surface area contributed by atoms with E-state index in [0.717, 1.165) is 4.57 Å². The van der Waals surface area contributed by atoms with E-state index in [2.05, 4.69) is 30.9 Å². The third-order valence-electron chi connectivity index (χ3n) is 3.62. The molecule has 1 N–H and O–H groups in total. The Morgan fingerprint density at radius 1 is 1.24 bits per heavy atom. The van der Waals surface area contributed by atoms with E-state index >= 15 is 0 Å². The molecule has 0 aliphatic carbocycles. The van der Waals surface area contributed by atoms with E-state index < -0.39 is 17.8 Å². The maximum atomic E-state index is 13.5. The molecule has 4 aromatic rings. The number of halogens is 4. The Hall–Kier alpha value is -2.62. The number of alkyl halides is 3. The topological polar surface area (TPSA) is 76.7 Å². The SMILES string of the molecule is Cc1ccc2nc(C(F)(F)F)n(-c3cc(Br)c4[nH]c(=O)oc4c3)c2n1. The van der Waals surface area contributed by atoms with Gasteiger partial charge in [-0.05, 0) is 41.1 Å². The van der Waals surface area contributed by atoms with Crippen LogP contribution in [-0.2, 0) is 6.18 Å². The first kappa shape index (κ1) is 15.9. The maximum Gasteiger partial charge on any atom is 0.450 e. The highest BCUT2D eigenvalue weighted by Crippen LogP contribution is 2.35. The number of hydrogen-bond acceptors (Lipinski definition) is 4. The zero-order chi connectivity index (χ0) is 17.9. The van der Waals surface area contributed by atoms with Crippen LogP contribution in [0.3, 0.4) is 0 Å². The summed E-state index contributed by atoms with van der Waals surface area (Å²) >= 11 is 3.23. The lowest BCUT2D eigenvalue weighted by Gasteiger charge is -2.11. The van der Waals surface area contributed by atoms with Crippen molar-refractivity contribution in [1.29, 1.82) is 0 Å². The van der Waals surface area contributed by atoms with Crippen LogP contribution in [0.5, 0.6) is 0 Å². The minimum Gasteiger partial charge on any atom is -0.408 e. The van der Waals surface area contributed by atoms with E-state index in [9.17, 15) is 18.0 Å². The number of rotatable bonds is 1. The number of aromatic amines is 1. The fourth-order valence-corrected chi connectivity index (χ4v) is 3.14. The van der Waals surface area contributed by atoms with Gasteiger partial charge in [-0.3, -0.25) is 9.55 Å². The number of benzene rings is 1. The van der Waals surface area contributed by atoms with Gasteiger partial charge in [-0.15, -0.1) is 0 Å². The average Bonchev–Trinajstić information content (AvgIpc) is 3.06. The molecular formula is C15H8BrF3N4O2. The summed E-state index contributed by atoms with van der Waals surface area (Å²) in [5.41, 5.74) is 1.33. The fourth-order valence-electron chi connectivity index (χ4n) is 2.61.